The number of rotatable bonds is 2. The molecule has 1 atom stereocenters. The van der Waals surface area contributed by atoms with Gasteiger partial charge in [-0.3, -0.25) is 0 Å². The van der Waals surface area contributed by atoms with Crippen LogP contribution in [0.25, 0.3) is 0 Å². The number of anilines is 1. The molecule has 1 aliphatic rings. The van der Waals surface area contributed by atoms with Crippen molar-refractivity contribution in [3.63, 3.8) is 0 Å². The molecule has 0 fully saturated rings. The molecule has 1 heterocycles. The zero-order valence-electron chi connectivity index (χ0n) is 10.7. The first-order chi connectivity index (χ1) is 9.15. The van der Waals surface area contributed by atoms with Crippen LogP contribution in [-0.4, -0.2) is 10.1 Å². The van der Waals surface area contributed by atoms with Crippen LogP contribution in [0.15, 0.2) is 34.9 Å². The SMILES string of the molecule is Cc1nc(Br)ccc1NC1CCc2c(O)cccc21. The molecule has 98 valence electrons. The van der Waals surface area contributed by atoms with Gasteiger partial charge in [-0.15, -0.1) is 0 Å². The van der Waals surface area contributed by atoms with Crippen molar-refractivity contribution in [3.8, 4) is 5.75 Å². The Bertz CT molecular complexity index is 628. The Morgan fingerprint density at radius 1 is 1.32 bits per heavy atom. The van der Waals surface area contributed by atoms with E-state index in [2.05, 4.69) is 32.3 Å². The minimum absolute atomic E-state index is 0.253. The van der Waals surface area contributed by atoms with Crippen LogP contribution in [0, 0.1) is 6.92 Å². The van der Waals surface area contributed by atoms with Gasteiger partial charge in [-0.1, -0.05) is 12.1 Å². The summed E-state index contributed by atoms with van der Waals surface area (Å²) in [6.07, 6.45) is 1.92. The van der Waals surface area contributed by atoms with E-state index in [1.807, 2.05) is 25.1 Å². The maximum Gasteiger partial charge on any atom is 0.119 e. The van der Waals surface area contributed by atoms with Crippen molar-refractivity contribution in [1.82, 2.24) is 4.98 Å². The number of benzene rings is 1. The van der Waals surface area contributed by atoms with Crippen molar-refractivity contribution in [2.75, 3.05) is 5.32 Å². The second-order valence-electron chi connectivity index (χ2n) is 4.85. The summed E-state index contributed by atoms with van der Waals surface area (Å²) in [5.74, 6) is 0.410. The maximum atomic E-state index is 9.86. The number of nitrogens with zero attached hydrogens (tertiary/aromatic N) is 1. The van der Waals surface area contributed by atoms with Gasteiger partial charge in [0.2, 0.25) is 0 Å². The van der Waals surface area contributed by atoms with E-state index in [0.29, 0.717) is 5.75 Å². The average molecular weight is 319 g/mol. The van der Waals surface area contributed by atoms with Gasteiger partial charge < -0.3 is 10.4 Å². The number of aryl methyl sites for hydroxylation is 1. The first kappa shape index (κ1) is 12.5. The molecule has 0 bridgehead atoms. The zero-order valence-corrected chi connectivity index (χ0v) is 12.2. The highest BCUT2D eigenvalue weighted by Crippen LogP contribution is 2.38. The fraction of sp³-hybridized carbons (Fsp3) is 0.267. The molecule has 1 aliphatic carbocycles. The van der Waals surface area contributed by atoms with Crippen LogP contribution in [0.3, 0.4) is 0 Å². The summed E-state index contributed by atoms with van der Waals surface area (Å²) < 4.78 is 0.847. The van der Waals surface area contributed by atoms with Gasteiger partial charge in [-0.05, 0) is 65.0 Å². The van der Waals surface area contributed by atoms with Crippen LogP contribution in [0.5, 0.6) is 5.75 Å². The van der Waals surface area contributed by atoms with Crippen LogP contribution >= 0.6 is 15.9 Å². The Hall–Kier alpha value is -1.55. The van der Waals surface area contributed by atoms with Crippen molar-refractivity contribution in [2.24, 2.45) is 0 Å². The van der Waals surface area contributed by atoms with Gasteiger partial charge in [0.1, 0.15) is 10.4 Å². The maximum absolute atomic E-state index is 9.86. The van der Waals surface area contributed by atoms with Gasteiger partial charge in [0, 0.05) is 0 Å². The number of nitrogens with one attached hydrogen (secondary N) is 1. The summed E-state index contributed by atoms with van der Waals surface area (Å²) in [4.78, 5) is 4.39. The van der Waals surface area contributed by atoms with Gasteiger partial charge in [0.15, 0.2) is 0 Å². The second kappa shape index (κ2) is 4.85. The van der Waals surface area contributed by atoms with E-state index in [9.17, 15) is 5.11 Å². The molecule has 0 amide bonds. The zero-order chi connectivity index (χ0) is 13.4. The molecule has 4 heteroatoms. The Balaban J connectivity index is 1.89. The third kappa shape index (κ3) is 2.32. The van der Waals surface area contributed by atoms with Gasteiger partial charge in [0.05, 0.1) is 17.4 Å². The van der Waals surface area contributed by atoms with Gasteiger partial charge in [0.25, 0.3) is 0 Å². The molecule has 3 nitrogen and oxygen atoms in total. The van der Waals surface area contributed by atoms with E-state index in [0.717, 1.165) is 34.4 Å². The predicted molar refractivity (Wildman–Crippen MR) is 79.5 cm³/mol. The van der Waals surface area contributed by atoms with Gasteiger partial charge >= 0.3 is 0 Å². The molecule has 0 spiro atoms. The minimum atomic E-state index is 0.253. The summed E-state index contributed by atoms with van der Waals surface area (Å²) in [5.41, 5.74) is 4.29. The molecule has 1 aromatic heterocycles. The van der Waals surface area contributed by atoms with Gasteiger partial charge in [-0.25, -0.2) is 4.98 Å². The van der Waals surface area contributed by atoms with Crippen molar-refractivity contribution in [1.29, 1.82) is 0 Å². The lowest BCUT2D eigenvalue weighted by Gasteiger charge is -2.17. The Morgan fingerprint density at radius 3 is 2.95 bits per heavy atom. The molecule has 19 heavy (non-hydrogen) atoms. The number of phenolic OH excluding ortho intramolecular Hbond substituents is 1. The van der Waals surface area contributed by atoms with Crippen LogP contribution in [0.4, 0.5) is 5.69 Å². The number of phenols is 1. The number of fused-ring (bicyclic) bond motifs is 1. The van der Waals surface area contributed by atoms with Crippen molar-refractivity contribution in [3.05, 3.63) is 51.8 Å². The normalized spacial score (nSPS) is 17.3. The highest BCUT2D eigenvalue weighted by molar-refractivity contribution is 9.10. The highest BCUT2D eigenvalue weighted by atomic mass is 79.9. The monoisotopic (exact) mass is 318 g/mol. The number of hydrogen-bond acceptors (Lipinski definition) is 3. The summed E-state index contributed by atoms with van der Waals surface area (Å²) in [7, 11) is 0. The second-order valence-corrected chi connectivity index (χ2v) is 5.66. The third-order valence-corrected chi connectivity index (χ3v) is 4.07. The quantitative estimate of drug-likeness (QED) is 0.824. The van der Waals surface area contributed by atoms with E-state index in [4.69, 9.17) is 0 Å². The first-order valence-electron chi connectivity index (χ1n) is 6.35. The topological polar surface area (TPSA) is 45.2 Å². The summed E-state index contributed by atoms with van der Waals surface area (Å²) in [5, 5.41) is 13.4. The van der Waals surface area contributed by atoms with E-state index >= 15 is 0 Å². The first-order valence-corrected chi connectivity index (χ1v) is 7.15. The van der Waals surface area contributed by atoms with Crippen LogP contribution in [0.1, 0.15) is 29.3 Å². The van der Waals surface area contributed by atoms with E-state index in [1.54, 1.807) is 6.07 Å². The lowest BCUT2D eigenvalue weighted by Crippen LogP contribution is -2.08. The van der Waals surface area contributed by atoms with Crippen LogP contribution < -0.4 is 5.32 Å². The van der Waals surface area contributed by atoms with E-state index in [-0.39, 0.29) is 6.04 Å². The van der Waals surface area contributed by atoms with E-state index < -0.39 is 0 Å². The smallest absolute Gasteiger partial charge is 0.119 e. The fourth-order valence-electron chi connectivity index (χ4n) is 2.66. The molecule has 0 saturated carbocycles. The molecular formula is C15H15BrN2O. The highest BCUT2D eigenvalue weighted by Gasteiger charge is 2.24. The average Bonchev–Trinajstić information content (AvgIpc) is 2.78. The molecule has 0 aliphatic heterocycles. The number of pyridine rings is 1. The molecule has 1 aromatic carbocycles. The van der Waals surface area contributed by atoms with Crippen LogP contribution in [0.2, 0.25) is 0 Å². The number of aromatic nitrogens is 1. The molecular weight excluding hydrogens is 304 g/mol. The molecule has 2 N–H and O–H groups in total. The van der Waals surface area contributed by atoms with E-state index in [1.165, 1.54) is 5.56 Å². The molecule has 1 unspecified atom stereocenters. The Kier molecular flexibility index (Phi) is 3.19. The standard InChI is InChI=1S/C15H15BrN2O/c1-9-12(7-8-15(16)17-9)18-13-6-5-11-10(13)3-2-4-14(11)19/h2-4,7-8,13,18-19H,5-6H2,1H3. The lowest BCUT2D eigenvalue weighted by molar-refractivity contribution is 0.469. The fourth-order valence-corrected chi connectivity index (χ4v) is 3.05. The lowest BCUT2D eigenvalue weighted by atomic mass is 10.1. The van der Waals surface area contributed by atoms with Crippen molar-refractivity contribution < 1.29 is 5.11 Å². The van der Waals surface area contributed by atoms with Crippen molar-refractivity contribution in [2.45, 2.75) is 25.8 Å². The minimum Gasteiger partial charge on any atom is -0.508 e. The Labute approximate surface area is 120 Å². The van der Waals surface area contributed by atoms with Crippen LogP contribution in [-0.2, 0) is 6.42 Å². The molecule has 0 radical (unpaired) electrons. The largest absolute Gasteiger partial charge is 0.508 e. The number of aromatic hydroxyl groups is 1. The van der Waals surface area contributed by atoms with Gasteiger partial charge in [-0.2, -0.15) is 0 Å². The summed E-state index contributed by atoms with van der Waals surface area (Å²) in [6, 6.07) is 9.97. The Morgan fingerprint density at radius 2 is 2.16 bits per heavy atom. The summed E-state index contributed by atoms with van der Waals surface area (Å²) in [6.45, 7) is 1.99. The third-order valence-electron chi connectivity index (χ3n) is 3.63. The molecule has 2 aromatic rings. The predicted octanol–water partition coefficient (Wildman–Crippen LogP) is 3.96. The molecule has 3 rings (SSSR count). The number of hydrogen-bond donors (Lipinski definition) is 2. The number of halogens is 1. The molecule has 0 saturated heterocycles. The van der Waals surface area contributed by atoms with Crippen molar-refractivity contribution >= 4 is 21.6 Å². The summed E-state index contributed by atoms with van der Waals surface area (Å²) >= 11 is 3.37.